The van der Waals surface area contributed by atoms with Crippen LogP contribution in [0, 0.1) is 0 Å². The number of sulfonamides is 1. The molecule has 3 rings (SSSR count). The third kappa shape index (κ3) is 5.79. The fraction of sp³-hybridized carbons (Fsp3) is 0.429. The quantitative estimate of drug-likeness (QED) is 0.705. The van der Waals surface area contributed by atoms with Crippen LogP contribution in [-0.4, -0.2) is 33.0 Å². The summed E-state index contributed by atoms with van der Waals surface area (Å²) in [6.45, 7) is 7.57. The SMILES string of the molecule is CC(C)c1ccc(S(=O)(=O)NCCCN2CCc3ccccc3C2)cc1.Cl. The molecular weight excluding hydrogens is 380 g/mol. The Bertz CT molecular complexity index is 836. The lowest BCUT2D eigenvalue weighted by atomic mass is 10.00. The van der Waals surface area contributed by atoms with E-state index in [4.69, 9.17) is 0 Å². The van der Waals surface area contributed by atoms with Crippen LogP contribution in [0.4, 0.5) is 0 Å². The molecule has 0 spiro atoms. The molecule has 2 aromatic carbocycles. The van der Waals surface area contributed by atoms with Crippen molar-refractivity contribution in [3.05, 3.63) is 65.2 Å². The Morgan fingerprint density at radius 1 is 1.04 bits per heavy atom. The van der Waals surface area contributed by atoms with E-state index in [1.165, 1.54) is 11.1 Å². The van der Waals surface area contributed by atoms with Crippen LogP contribution < -0.4 is 4.72 Å². The highest BCUT2D eigenvalue weighted by molar-refractivity contribution is 7.89. The maximum absolute atomic E-state index is 12.4. The molecule has 1 heterocycles. The standard InChI is InChI=1S/C21H28N2O2S.ClH/c1-17(2)18-8-10-21(11-9-18)26(24,25)22-13-5-14-23-15-12-19-6-3-4-7-20(19)16-23;/h3-4,6-11,17,22H,5,12-16H2,1-2H3;1H. The fourth-order valence-electron chi connectivity index (χ4n) is 3.37. The first-order chi connectivity index (χ1) is 12.5. The van der Waals surface area contributed by atoms with Crippen LogP contribution in [0.3, 0.4) is 0 Å². The number of hydrogen-bond donors (Lipinski definition) is 1. The van der Waals surface area contributed by atoms with E-state index in [0.29, 0.717) is 17.4 Å². The topological polar surface area (TPSA) is 49.4 Å². The van der Waals surface area contributed by atoms with Gasteiger partial charge in [-0.15, -0.1) is 12.4 Å². The van der Waals surface area contributed by atoms with Crippen LogP contribution in [0.2, 0.25) is 0 Å². The lowest BCUT2D eigenvalue weighted by Gasteiger charge is -2.28. The van der Waals surface area contributed by atoms with Crippen molar-refractivity contribution < 1.29 is 8.42 Å². The van der Waals surface area contributed by atoms with E-state index in [1.807, 2.05) is 12.1 Å². The average molecular weight is 409 g/mol. The minimum absolute atomic E-state index is 0. The van der Waals surface area contributed by atoms with Crippen molar-refractivity contribution in [2.75, 3.05) is 19.6 Å². The van der Waals surface area contributed by atoms with Gasteiger partial charge >= 0.3 is 0 Å². The largest absolute Gasteiger partial charge is 0.299 e. The van der Waals surface area contributed by atoms with E-state index in [-0.39, 0.29) is 12.4 Å². The molecule has 0 aromatic heterocycles. The second-order valence-corrected chi connectivity index (χ2v) is 9.04. The summed E-state index contributed by atoms with van der Waals surface area (Å²) < 4.78 is 27.5. The van der Waals surface area contributed by atoms with Crippen molar-refractivity contribution >= 4 is 22.4 Å². The van der Waals surface area contributed by atoms with Gasteiger partial charge in [0.2, 0.25) is 10.0 Å². The van der Waals surface area contributed by atoms with Gasteiger partial charge in [0.15, 0.2) is 0 Å². The maximum atomic E-state index is 12.4. The number of nitrogens with one attached hydrogen (secondary N) is 1. The van der Waals surface area contributed by atoms with Crippen LogP contribution >= 0.6 is 12.4 Å². The third-order valence-electron chi connectivity index (χ3n) is 5.01. The molecule has 0 atom stereocenters. The van der Waals surface area contributed by atoms with Crippen molar-refractivity contribution in [1.29, 1.82) is 0 Å². The molecule has 0 radical (unpaired) electrons. The second-order valence-electron chi connectivity index (χ2n) is 7.27. The van der Waals surface area contributed by atoms with Crippen molar-refractivity contribution in [3.63, 3.8) is 0 Å². The predicted octanol–water partition coefficient (Wildman–Crippen LogP) is 3.96. The molecule has 0 unspecified atom stereocenters. The summed E-state index contributed by atoms with van der Waals surface area (Å²) in [5.41, 5.74) is 3.98. The van der Waals surface area contributed by atoms with Gasteiger partial charge in [0.1, 0.15) is 0 Å². The Kier molecular flexibility index (Phi) is 7.86. The molecule has 148 valence electrons. The molecule has 4 nitrogen and oxygen atoms in total. The molecule has 0 aliphatic carbocycles. The minimum Gasteiger partial charge on any atom is -0.299 e. The van der Waals surface area contributed by atoms with Gasteiger partial charge in [0.25, 0.3) is 0 Å². The van der Waals surface area contributed by atoms with E-state index < -0.39 is 10.0 Å². The van der Waals surface area contributed by atoms with Crippen LogP contribution in [0.25, 0.3) is 0 Å². The lowest BCUT2D eigenvalue weighted by Crippen LogP contribution is -2.33. The predicted molar refractivity (Wildman–Crippen MR) is 113 cm³/mol. The van der Waals surface area contributed by atoms with Gasteiger partial charge in [-0.25, -0.2) is 13.1 Å². The highest BCUT2D eigenvalue weighted by Gasteiger charge is 2.16. The first-order valence-corrected chi connectivity index (χ1v) is 10.8. The lowest BCUT2D eigenvalue weighted by molar-refractivity contribution is 0.251. The van der Waals surface area contributed by atoms with Gasteiger partial charge in [-0.3, -0.25) is 4.90 Å². The molecule has 0 saturated heterocycles. The first kappa shape index (κ1) is 21.9. The van der Waals surface area contributed by atoms with Crippen molar-refractivity contribution in [3.8, 4) is 0 Å². The monoisotopic (exact) mass is 408 g/mol. The summed E-state index contributed by atoms with van der Waals surface area (Å²) >= 11 is 0. The zero-order valence-electron chi connectivity index (χ0n) is 16.0. The normalized spacial score (nSPS) is 14.6. The average Bonchev–Trinajstić information content (AvgIpc) is 2.65. The van der Waals surface area contributed by atoms with Crippen molar-refractivity contribution in [2.24, 2.45) is 0 Å². The Balaban J connectivity index is 0.00000261. The summed E-state index contributed by atoms with van der Waals surface area (Å²) in [6, 6.07) is 15.7. The van der Waals surface area contributed by atoms with Gasteiger partial charge in [0, 0.05) is 19.6 Å². The van der Waals surface area contributed by atoms with E-state index >= 15 is 0 Å². The Hall–Kier alpha value is -1.40. The van der Waals surface area contributed by atoms with Crippen LogP contribution in [-0.2, 0) is 23.0 Å². The number of rotatable bonds is 7. The Labute approximate surface area is 169 Å². The molecule has 6 heteroatoms. The van der Waals surface area contributed by atoms with Crippen LogP contribution in [0.1, 0.15) is 42.9 Å². The van der Waals surface area contributed by atoms with E-state index in [0.717, 1.165) is 38.0 Å². The van der Waals surface area contributed by atoms with Crippen LogP contribution in [0.15, 0.2) is 53.4 Å². The van der Waals surface area contributed by atoms with Crippen molar-refractivity contribution in [1.82, 2.24) is 9.62 Å². The Morgan fingerprint density at radius 3 is 2.37 bits per heavy atom. The van der Waals surface area contributed by atoms with E-state index in [9.17, 15) is 8.42 Å². The number of nitrogens with zero attached hydrogens (tertiary/aromatic N) is 1. The smallest absolute Gasteiger partial charge is 0.240 e. The van der Waals surface area contributed by atoms with Gasteiger partial charge < -0.3 is 0 Å². The zero-order chi connectivity index (χ0) is 18.6. The highest BCUT2D eigenvalue weighted by atomic mass is 35.5. The fourth-order valence-corrected chi connectivity index (χ4v) is 4.44. The molecular formula is C21H29ClN2O2S. The molecule has 0 saturated carbocycles. The molecule has 1 aliphatic heterocycles. The van der Waals surface area contributed by atoms with Gasteiger partial charge in [-0.1, -0.05) is 50.2 Å². The van der Waals surface area contributed by atoms with E-state index in [2.05, 4.69) is 47.7 Å². The summed E-state index contributed by atoms with van der Waals surface area (Å²) in [5, 5.41) is 0. The van der Waals surface area contributed by atoms with Crippen LogP contribution in [0.5, 0.6) is 0 Å². The molecule has 2 aromatic rings. The van der Waals surface area contributed by atoms with Crippen molar-refractivity contribution in [2.45, 2.75) is 44.0 Å². The Morgan fingerprint density at radius 2 is 1.70 bits per heavy atom. The zero-order valence-corrected chi connectivity index (χ0v) is 17.7. The molecule has 27 heavy (non-hydrogen) atoms. The molecule has 0 bridgehead atoms. The van der Waals surface area contributed by atoms with E-state index in [1.54, 1.807) is 12.1 Å². The molecule has 0 amide bonds. The summed E-state index contributed by atoms with van der Waals surface area (Å²) in [7, 11) is -3.42. The number of hydrogen-bond acceptors (Lipinski definition) is 3. The number of benzene rings is 2. The second kappa shape index (κ2) is 9.69. The first-order valence-electron chi connectivity index (χ1n) is 9.34. The van der Waals surface area contributed by atoms with Gasteiger partial charge in [-0.2, -0.15) is 0 Å². The minimum atomic E-state index is -3.42. The summed E-state index contributed by atoms with van der Waals surface area (Å²) in [6.07, 6.45) is 1.88. The number of halogens is 1. The highest BCUT2D eigenvalue weighted by Crippen LogP contribution is 2.19. The van der Waals surface area contributed by atoms with Gasteiger partial charge in [-0.05, 0) is 54.1 Å². The maximum Gasteiger partial charge on any atom is 0.240 e. The van der Waals surface area contributed by atoms with Gasteiger partial charge in [0.05, 0.1) is 4.90 Å². The third-order valence-corrected chi connectivity index (χ3v) is 6.49. The molecule has 0 fully saturated rings. The number of fused-ring (bicyclic) bond motifs is 1. The summed E-state index contributed by atoms with van der Waals surface area (Å²) in [4.78, 5) is 2.74. The molecule has 1 aliphatic rings. The molecule has 1 N–H and O–H groups in total. The summed E-state index contributed by atoms with van der Waals surface area (Å²) in [5.74, 6) is 0.398.